The smallest absolute Gasteiger partial charge is 0.410 e. The van der Waals surface area contributed by atoms with E-state index in [9.17, 15) is 4.79 Å². The van der Waals surface area contributed by atoms with Crippen molar-refractivity contribution >= 4 is 36.0 Å². The number of hydrogen-bond donors (Lipinski definition) is 2. The average molecular weight is 508 g/mol. The van der Waals surface area contributed by atoms with E-state index in [0.29, 0.717) is 25.6 Å². The number of carbonyl (C=O) groups excluding carboxylic acids is 1. The van der Waals surface area contributed by atoms with Crippen LogP contribution in [-0.2, 0) is 15.9 Å². The van der Waals surface area contributed by atoms with Crippen molar-refractivity contribution in [2.45, 2.75) is 51.9 Å². The summed E-state index contributed by atoms with van der Waals surface area (Å²) < 4.78 is 16.4. The lowest BCUT2D eigenvalue weighted by molar-refractivity contribution is 0.0252. The van der Waals surface area contributed by atoms with Crippen molar-refractivity contribution in [3.8, 4) is 0 Å². The van der Waals surface area contributed by atoms with Crippen LogP contribution in [0.1, 0.15) is 33.5 Å². The van der Waals surface area contributed by atoms with E-state index >= 15 is 0 Å². The molecule has 0 bridgehead atoms. The number of ether oxygens (including phenoxy) is 2. The lowest BCUT2D eigenvalue weighted by Gasteiger charge is -2.24. The number of guanidine groups is 1. The zero-order valence-corrected chi connectivity index (χ0v) is 19.7. The van der Waals surface area contributed by atoms with E-state index in [0.717, 1.165) is 18.7 Å². The first-order chi connectivity index (χ1) is 12.8. The molecule has 2 atom stereocenters. The number of rotatable bonds is 6. The third kappa shape index (κ3) is 7.86. The molecule has 2 N–H and O–H groups in total. The molecule has 0 spiro atoms. The van der Waals surface area contributed by atoms with E-state index < -0.39 is 5.60 Å². The van der Waals surface area contributed by atoms with Crippen molar-refractivity contribution in [1.82, 2.24) is 15.5 Å². The van der Waals surface area contributed by atoms with Crippen LogP contribution in [0.15, 0.2) is 27.8 Å². The Morgan fingerprint density at radius 1 is 1.39 bits per heavy atom. The lowest BCUT2D eigenvalue weighted by atomic mass is 10.2. The van der Waals surface area contributed by atoms with Crippen LogP contribution >= 0.6 is 24.0 Å². The van der Waals surface area contributed by atoms with Gasteiger partial charge in [-0.3, -0.25) is 4.99 Å². The fraction of sp³-hybridized carbons (Fsp3) is 0.684. The Morgan fingerprint density at radius 2 is 2.14 bits per heavy atom. The zero-order valence-electron chi connectivity index (χ0n) is 17.4. The number of halogens is 1. The Balaban J connectivity index is 0.00000392. The summed E-state index contributed by atoms with van der Waals surface area (Å²) in [6.45, 7) is 9.91. The molecule has 1 aliphatic rings. The molecular formula is C19H33IN4O4. The molecule has 28 heavy (non-hydrogen) atoms. The quantitative estimate of drug-likeness (QED) is 0.349. The third-order valence-corrected chi connectivity index (χ3v) is 4.10. The molecule has 1 aromatic rings. The highest BCUT2D eigenvalue weighted by Crippen LogP contribution is 2.17. The van der Waals surface area contributed by atoms with Gasteiger partial charge in [0.2, 0.25) is 0 Å². The predicted octanol–water partition coefficient (Wildman–Crippen LogP) is 2.63. The molecule has 0 saturated carbocycles. The van der Waals surface area contributed by atoms with E-state index in [4.69, 9.17) is 13.9 Å². The molecule has 1 aliphatic heterocycles. The topological polar surface area (TPSA) is 88.3 Å². The second-order valence-corrected chi connectivity index (χ2v) is 7.50. The van der Waals surface area contributed by atoms with Crippen molar-refractivity contribution in [3.63, 3.8) is 0 Å². The minimum atomic E-state index is -0.520. The fourth-order valence-electron chi connectivity index (χ4n) is 2.86. The Morgan fingerprint density at radius 3 is 2.71 bits per heavy atom. The number of carbonyl (C=O) groups is 1. The van der Waals surface area contributed by atoms with Gasteiger partial charge in [0, 0.05) is 33.2 Å². The Kier molecular flexibility index (Phi) is 10.1. The summed E-state index contributed by atoms with van der Waals surface area (Å²) in [6, 6.07) is 3.74. The normalized spacial score (nSPS) is 19.9. The van der Waals surface area contributed by atoms with Gasteiger partial charge >= 0.3 is 6.09 Å². The molecule has 0 aromatic carbocycles. The summed E-state index contributed by atoms with van der Waals surface area (Å²) in [5.74, 6) is 1.60. The van der Waals surface area contributed by atoms with Gasteiger partial charge in [0.25, 0.3) is 0 Å². The molecule has 1 aromatic heterocycles. The maximum absolute atomic E-state index is 12.3. The number of hydrogen-bond acceptors (Lipinski definition) is 5. The van der Waals surface area contributed by atoms with Gasteiger partial charge in [0.05, 0.1) is 25.0 Å². The number of aliphatic imine (C=N–C) groups is 1. The number of nitrogens with zero attached hydrogens (tertiary/aromatic N) is 2. The van der Waals surface area contributed by atoms with Crippen LogP contribution in [0.5, 0.6) is 0 Å². The first-order valence-electron chi connectivity index (χ1n) is 9.40. The minimum absolute atomic E-state index is 0. The van der Waals surface area contributed by atoms with Crippen molar-refractivity contribution in [3.05, 3.63) is 24.2 Å². The van der Waals surface area contributed by atoms with Gasteiger partial charge in [-0.1, -0.05) is 0 Å². The maximum atomic E-state index is 12.3. The Labute approximate surface area is 184 Å². The first-order valence-corrected chi connectivity index (χ1v) is 9.40. The van der Waals surface area contributed by atoms with Crippen LogP contribution in [0.4, 0.5) is 4.79 Å². The number of likely N-dealkylation sites (tertiary alicyclic amines) is 1. The number of furan rings is 1. The maximum Gasteiger partial charge on any atom is 0.410 e. The summed E-state index contributed by atoms with van der Waals surface area (Å²) in [5, 5.41) is 6.61. The van der Waals surface area contributed by atoms with Crippen LogP contribution in [0, 0.1) is 0 Å². The summed E-state index contributed by atoms with van der Waals surface area (Å²) >= 11 is 0. The average Bonchev–Trinajstić information content (AvgIpc) is 3.23. The van der Waals surface area contributed by atoms with Crippen LogP contribution in [-0.4, -0.2) is 68.0 Å². The van der Waals surface area contributed by atoms with Crippen molar-refractivity contribution < 1.29 is 18.7 Å². The molecule has 0 radical (unpaired) electrons. The highest BCUT2D eigenvalue weighted by atomic mass is 127. The monoisotopic (exact) mass is 508 g/mol. The second-order valence-electron chi connectivity index (χ2n) is 7.50. The first kappa shape index (κ1) is 24.5. The van der Waals surface area contributed by atoms with Crippen molar-refractivity contribution in [2.75, 3.05) is 33.3 Å². The highest BCUT2D eigenvalue weighted by Gasteiger charge is 2.37. The van der Waals surface area contributed by atoms with Crippen LogP contribution in [0.3, 0.4) is 0 Å². The molecule has 160 valence electrons. The Hall–Kier alpha value is -1.49. The lowest BCUT2D eigenvalue weighted by Crippen LogP contribution is -2.49. The van der Waals surface area contributed by atoms with E-state index in [1.165, 1.54) is 0 Å². The summed E-state index contributed by atoms with van der Waals surface area (Å²) in [4.78, 5) is 18.6. The second kappa shape index (κ2) is 11.5. The molecule has 1 fully saturated rings. The fourth-order valence-corrected chi connectivity index (χ4v) is 2.86. The van der Waals surface area contributed by atoms with Crippen LogP contribution in [0.25, 0.3) is 0 Å². The highest BCUT2D eigenvalue weighted by molar-refractivity contribution is 14.0. The number of nitrogens with one attached hydrogen (secondary N) is 2. The number of methoxy groups -OCH3 is 1. The zero-order chi connectivity index (χ0) is 19.9. The standard InChI is InChI=1S/C19H32N4O4.HI/c1-6-20-17(21-10-9-14-8-7-11-26-14)22-15-12-23(13-16(15)25-5)18(24)27-19(2,3)4;/h7-8,11,15-16H,6,9-10,12-13H2,1-5H3,(H2,20,21,22);1H/t15?,16-;/m0./s1. The minimum Gasteiger partial charge on any atom is -0.469 e. The molecule has 2 heterocycles. The van der Waals surface area contributed by atoms with Crippen LogP contribution < -0.4 is 10.6 Å². The molecule has 1 amide bonds. The Bertz CT molecular complexity index is 616. The van der Waals surface area contributed by atoms with Gasteiger partial charge in [0.1, 0.15) is 11.4 Å². The predicted molar refractivity (Wildman–Crippen MR) is 119 cm³/mol. The van der Waals surface area contributed by atoms with E-state index in [2.05, 4.69) is 15.6 Å². The van der Waals surface area contributed by atoms with Gasteiger partial charge in [-0.25, -0.2) is 4.79 Å². The molecule has 1 saturated heterocycles. The summed E-state index contributed by atoms with van der Waals surface area (Å²) in [7, 11) is 1.65. The van der Waals surface area contributed by atoms with Crippen molar-refractivity contribution in [1.29, 1.82) is 0 Å². The number of amides is 1. The van der Waals surface area contributed by atoms with Crippen molar-refractivity contribution in [2.24, 2.45) is 4.99 Å². The largest absolute Gasteiger partial charge is 0.469 e. The third-order valence-electron chi connectivity index (χ3n) is 4.10. The molecule has 9 heteroatoms. The molecule has 8 nitrogen and oxygen atoms in total. The van der Waals surface area contributed by atoms with Gasteiger partial charge in [-0.2, -0.15) is 0 Å². The summed E-state index contributed by atoms with van der Waals surface area (Å²) in [6.07, 6.45) is 1.93. The SMILES string of the molecule is CCNC(=NCCc1ccco1)NC1CN(C(=O)OC(C)(C)C)C[C@@H]1OC.I. The molecular weight excluding hydrogens is 475 g/mol. The van der Waals surface area contributed by atoms with Crippen LogP contribution in [0.2, 0.25) is 0 Å². The van der Waals surface area contributed by atoms with E-state index in [1.54, 1.807) is 18.3 Å². The molecule has 2 rings (SSSR count). The van der Waals surface area contributed by atoms with Gasteiger partial charge in [-0.05, 0) is 39.8 Å². The van der Waals surface area contributed by atoms with Gasteiger partial charge in [-0.15, -0.1) is 24.0 Å². The van der Waals surface area contributed by atoms with Gasteiger partial charge in [0.15, 0.2) is 5.96 Å². The molecule has 0 aliphatic carbocycles. The molecule has 1 unspecified atom stereocenters. The van der Waals surface area contributed by atoms with Gasteiger partial charge < -0.3 is 29.4 Å². The van der Waals surface area contributed by atoms with E-state index in [1.807, 2.05) is 39.8 Å². The summed E-state index contributed by atoms with van der Waals surface area (Å²) in [5.41, 5.74) is -0.520. The van der Waals surface area contributed by atoms with E-state index in [-0.39, 0.29) is 42.2 Å².